The first-order chi connectivity index (χ1) is 5.70. The average Bonchev–Trinajstić information content (AvgIpc) is 2.29. The maximum absolute atomic E-state index is 4.25. The number of hydrogen-bond acceptors (Lipinski definition) is 3. The van der Waals surface area contributed by atoms with Gasteiger partial charge < -0.3 is 0 Å². The van der Waals surface area contributed by atoms with Crippen molar-refractivity contribution >= 4 is 56.5 Å². The number of aromatic nitrogens is 4. The molecule has 0 amide bonds. The van der Waals surface area contributed by atoms with Gasteiger partial charge in [0.05, 0.1) is 33.9 Å². The van der Waals surface area contributed by atoms with Crippen LogP contribution in [0.5, 0.6) is 0 Å². The molecule has 0 aliphatic carbocycles. The molecule has 0 saturated heterocycles. The van der Waals surface area contributed by atoms with Gasteiger partial charge in [-0.25, -0.2) is 9.97 Å². The summed E-state index contributed by atoms with van der Waals surface area (Å²) in [6.45, 7) is 1.96. The Labute approximate surface area is 96.4 Å². The average molecular weight is 386 g/mol. The summed E-state index contributed by atoms with van der Waals surface area (Å²) >= 11 is 4.30. The highest BCUT2D eigenvalue weighted by molar-refractivity contribution is 14.1. The van der Waals surface area contributed by atoms with Crippen LogP contribution in [0.25, 0.3) is 11.0 Å². The predicted octanol–water partition coefficient (Wildman–Crippen LogP) is 1.94. The number of rotatable bonds is 0. The molecule has 2 aromatic heterocycles. The standard InChI is InChI=1S/C6H4I2N4/c1-3-4-5(7)9-2-10-6(4)12(8)11-3/h2H,1H3. The first-order valence-corrected chi connectivity index (χ1v) is 5.26. The molecule has 0 bridgehead atoms. The fourth-order valence-corrected chi connectivity index (χ4v) is 2.48. The molecule has 0 N–H and O–H groups in total. The maximum atomic E-state index is 4.25. The van der Waals surface area contributed by atoms with Crippen molar-refractivity contribution in [2.45, 2.75) is 6.92 Å². The van der Waals surface area contributed by atoms with E-state index in [1.807, 2.05) is 6.92 Å². The molecule has 0 unspecified atom stereocenters. The van der Waals surface area contributed by atoms with Gasteiger partial charge in [-0.1, -0.05) is 0 Å². The Morgan fingerprint density at radius 3 is 2.83 bits per heavy atom. The molecular weight excluding hydrogens is 382 g/mol. The molecule has 12 heavy (non-hydrogen) atoms. The van der Waals surface area contributed by atoms with Gasteiger partial charge in [0.2, 0.25) is 0 Å². The zero-order valence-corrected chi connectivity index (χ0v) is 10.4. The molecule has 0 aliphatic rings. The maximum Gasteiger partial charge on any atom is 0.172 e. The summed E-state index contributed by atoms with van der Waals surface area (Å²) < 4.78 is 2.70. The molecule has 0 spiro atoms. The number of fused-ring (bicyclic) bond motifs is 1. The van der Waals surface area contributed by atoms with E-state index in [-0.39, 0.29) is 0 Å². The van der Waals surface area contributed by atoms with Gasteiger partial charge in [-0.15, -0.1) is 0 Å². The van der Waals surface area contributed by atoms with Crippen LogP contribution < -0.4 is 0 Å². The van der Waals surface area contributed by atoms with Crippen molar-refractivity contribution in [2.75, 3.05) is 0 Å². The summed E-state index contributed by atoms with van der Waals surface area (Å²) in [6, 6.07) is 0. The van der Waals surface area contributed by atoms with Crippen molar-refractivity contribution < 1.29 is 0 Å². The zero-order valence-electron chi connectivity index (χ0n) is 6.12. The molecule has 2 rings (SSSR count). The lowest BCUT2D eigenvalue weighted by molar-refractivity contribution is 1.02. The predicted molar refractivity (Wildman–Crippen MR) is 62.2 cm³/mol. The molecule has 6 heteroatoms. The van der Waals surface area contributed by atoms with Crippen LogP contribution in [0.1, 0.15) is 5.69 Å². The number of nitrogens with zero attached hydrogens (tertiary/aromatic N) is 4. The molecule has 0 radical (unpaired) electrons. The molecule has 0 fully saturated rings. The van der Waals surface area contributed by atoms with Gasteiger partial charge in [-0.05, 0) is 29.5 Å². The molecule has 2 heterocycles. The molecule has 0 saturated carbocycles. The summed E-state index contributed by atoms with van der Waals surface area (Å²) in [4.78, 5) is 8.24. The monoisotopic (exact) mass is 386 g/mol. The van der Waals surface area contributed by atoms with E-state index >= 15 is 0 Å². The van der Waals surface area contributed by atoms with Crippen molar-refractivity contribution in [3.8, 4) is 0 Å². The van der Waals surface area contributed by atoms with E-state index < -0.39 is 0 Å². The first-order valence-electron chi connectivity index (χ1n) is 3.22. The lowest BCUT2D eigenvalue weighted by atomic mass is 10.3. The molecule has 62 valence electrons. The third-order valence-corrected chi connectivity index (χ3v) is 3.05. The fraction of sp³-hybridized carbons (Fsp3) is 0.167. The van der Waals surface area contributed by atoms with Crippen LogP contribution in [0.3, 0.4) is 0 Å². The molecule has 4 nitrogen and oxygen atoms in total. The smallest absolute Gasteiger partial charge is 0.172 e. The highest BCUT2D eigenvalue weighted by Crippen LogP contribution is 2.20. The number of halogens is 2. The van der Waals surface area contributed by atoms with Gasteiger partial charge >= 0.3 is 0 Å². The summed E-state index contributed by atoms with van der Waals surface area (Å²) in [7, 11) is 0. The van der Waals surface area contributed by atoms with Gasteiger partial charge in [0.15, 0.2) is 5.65 Å². The van der Waals surface area contributed by atoms with Crippen LogP contribution in [0.4, 0.5) is 0 Å². The van der Waals surface area contributed by atoms with Crippen LogP contribution in [0.15, 0.2) is 6.33 Å². The van der Waals surface area contributed by atoms with Crippen LogP contribution in [0.2, 0.25) is 0 Å². The van der Waals surface area contributed by atoms with Crippen LogP contribution in [0, 0.1) is 10.6 Å². The second-order valence-electron chi connectivity index (χ2n) is 2.31. The normalized spacial score (nSPS) is 10.9. The van der Waals surface area contributed by atoms with Gasteiger partial charge in [0.25, 0.3) is 0 Å². The van der Waals surface area contributed by atoms with Gasteiger partial charge in [0, 0.05) is 0 Å². The lowest BCUT2D eigenvalue weighted by Gasteiger charge is -1.91. The highest BCUT2D eigenvalue weighted by Gasteiger charge is 2.09. The Bertz CT molecular complexity index is 436. The summed E-state index contributed by atoms with van der Waals surface area (Å²) in [5.41, 5.74) is 1.86. The molecular formula is C6H4I2N4. The second-order valence-corrected chi connectivity index (χ2v) is 4.24. The molecule has 0 atom stereocenters. The highest BCUT2D eigenvalue weighted by atomic mass is 127. The second kappa shape index (κ2) is 3.05. The topological polar surface area (TPSA) is 43.6 Å². The Hall–Kier alpha value is 0.01000. The molecule has 2 aromatic rings. The third-order valence-electron chi connectivity index (χ3n) is 1.56. The van der Waals surface area contributed by atoms with E-state index in [0.717, 1.165) is 20.4 Å². The SMILES string of the molecule is Cc1nn(I)c2ncnc(I)c12. The van der Waals surface area contributed by atoms with E-state index in [4.69, 9.17) is 0 Å². The van der Waals surface area contributed by atoms with Crippen molar-refractivity contribution in [3.05, 3.63) is 15.7 Å². The number of hydrogen-bond donors (Lipinski definition) is 0. The first kappa shape index (κ1) is 8.60. The molecule has 0 aliphatic heterocycles. The van der Waals surface area contributed by atoms with E-state index in [0.29, 0.717) is 0 Å². The van der Waals surface area contributed by atoms with E-state index in [9.17, 15) is 0 Å². The Morgan fingerprint density at radius 1 is 1.42 bits per heavy atom. The van der Waals surface area contributed by atoms with Crippen molar-refractivity contribution in [2.24, 2.45) is 0 Å². The van der Waals surface area contributed by atoms with E-state index in [1.54, 1.807) is 9.22 Å². The summed E-state index contributed by atoms with van der Waals surface area (Å²) in [5.74, 6) is 0. The van der Waals surface area contributed by atoms with Crippen LogP contribution in [-0.4, -0.2) is 18.0 Å². The van der Waals surface area contributed by atoms with E-state index in [1.165, 1.54) is 0 Å². The zero-order chi connectivity index (χ0) is 8.72. The minimum Gasteiger partial charge on any atom is -0.230 e. The van der Waals surface area contributed by atoms with Crippen LogP contribution >= 0.6 is 45.5 Å². The minimum absolute atomic E-state index is 0.882. The Kier molecular flexibility index (Phi) is 2.19. The van der Waals surface area contributed by atoms with Gasteiger partial charge in [-0.3, -0.25) is 0 Å². The summed E-state index contributed by atoms with van der Waals surface area (Å²) in [6.07, 6.45) is 1.56. The Morgan fingerprint density at radius 2 is 2.17 bits per heavy atom. The van der Waals surface area contributed by atoms with Gasteiger partial charge in [0.1, 0.15) is 10.0 Å². The quantitative estimate of drug-likeness (QED) is 0.514. The fourth-order valence-electron chi connectivity index (χ4n) is 1.04. The van der Waals surface area contributed by atoms with E-state index in [2.05, 4.69) is 60.5 Å². The minimum atomic E-state index is 0.882. The Balaban J connectivity index is 2.99. The van der Waals surface area contributed by atoms with Crippen LogP contribution in [-0.2, 0) is 0 Å². The largest absolute Gasteiger partial charge is 0.230 e. The van der Waals surface area contributed by atoms with Gasteiger partial charge in [-0.2, -0.15) is 7.99 Å². The van der Waals surface area contributed by atoms with Crippen molar-refractivity contribution in [1.29, 1.82) is 0 Å². The lowest BCUT2D eigenvalue weighted by Crippen LogP contribution is -1.87. The number of aryl methyl sites for hydroxylation is 1. The molecule has 0 aromatic carbocycles. The van der Waals surface area contributed by atoms with Crippen molar-refractivity contribution in [1.82, 2.24) is 18.0 Å². The summed E-state index contributed by atoms with van der Waals surface area (Å²) in [5, 5.41) is 5.30. The third kappa shape index (κ3) is 1.20. The van der Waals surface area contributed by atoms with Crippen molar-refractivity contribution in [3.63, 3.8) is 0 Å².